The van der Waals surface area contributed by atoms with Gasteiger partial charge in [0.1, 0.15) is 0 Å². The van der Waals surface area contributed by atoms with E-state index in [-0.39, 0.29) is 0 Å². The van der Waals surface area contributed by atoms with Crippen LogP contribution >= 0.6 is 0 Å². The van der Waals surface area contributed by atoms with Crippen molar-refractivity contribution in [2.24, 2.45) is 10.9 Å². The average molecular weight is 366 g/mol. The molecule has 1 heterocycles. The predicted molar refractivity (Wildman–Crippen MR) is 112 cm³/mol. The zero-order valence-electron chi connectivity index (χ0n) is 16.5. The summed E-state index contributed by atoms with van der Waals surface area (Å²) in [5, 5.41) is 3.55. The van der Waals surface area contributed by atoms with Gasteiger partial charge in [-0.2, -0.15) is 0 Å². The van der Waals surface area contributed by atoms with Gasteiger partial charge in [0.05, 0.1) is 6.61 Å². The van der Waals surface area contributed by atoms with Crippen LogP contribution in [0, 0.1) is 5.92 Å². The van der Waals surface area contributed by atoms with Crippen LogP contribution in [0.5, 0.6) is 0 Å². The zero-order chi connectivity index (χ0) is 18.9. The van der Waals surface area contributed by atoms with Gasteiger partial charge in [0.2, 0.25) is 0 Å². The second-order valence-electron chi connectivity index (χ2n) is 7.25. The van der Waals surface area contributed by atoms with E-state index in [9.17, 15) is 0 Å². The zero-order valence-corrected chi connectivity index (χ0v) is 16.5. The van der Waals surface area contributed by atoms with Crippen LogP contribution in [0.25, 0.3) is 0 Å². The number of benzene rings is 2. The van der Waals surface area contributed by atoms with E-state index in [4.69, 9.17) is 4.74 Å². The standard InChI is InChI=1S/C23H31N3O/c1-24-23(26(2)17-19-14-16-27-18-19)25-15-13-22(20-9-5-3-6-10-20)21-11-7-4-8-12-21/h3-12,19,22H,13-18H2,1-2H3,(H,24,25). The van der Waals surface area contributed by atoms with E-state index < -0.39 is 0 Å². The molecule has 0 aliphatic carbocycles. The second kappa shape index (κ2) is 10.1. The summed E-state index contributed by atoms with van der Waals surface area (Å²) in [6.45, 7) is 3.62. The molecule has 1 fully saturated rings. The second-order valence-corrected chi connectivity index (χ2v) is 7.25. The molecule has 27 heavy (non-hydrogen) atoms. The summed E-state index contributed by atoms with van der Waals surface area (Å²) in [5.41, 5.74) is 2.72. The van der Waals surface area contributed by atoms with Crippen molar-refractivity contribution in [2.45, 2.75) is 18.8 Å². The van der Waals surface area contributed by atoms with Gasteiger partial charge in [-0.15, -0.1) is 0 Å². The number of ether oxygens (including phenoxy) is 1. The van der Waals surface area contributed by atoms with Gasteiger partial charge in [-0.3, -0.25) is 4.99 Å². The quantitative estimate of drug-likeness (QED) is 0.600. The molecule has 2 aromatic rings. The first kappa shape index (κ1) is 19.4. The minimum atomic E-state index is 0.381. The predicted octanol–water partition coefficient (Wildman–Crippen LogP) is 3.75. The fourth-order valence-corrected chi connectivity index (χ4v) is 3.81. The lowest BCUT2D eigenvalue weighted by Gasteiger charge is -2.25. The molecule has 1 unspecified atom stereocenters. The molecule has 1 saturated heterocycles. The lowest BCUT2D eigenvalue weighted by atomic mass is 9.88. The van der Waals surface area contributed by atoms with Crippen molar-refractivity contribution in [3.8, 4) is 0 Å². The van der Waals surface area contributed by atoms with Gasteiger partial charge in [0.25, 0.3) is 0 Å². The van der Waals surface area contributed by atoms with Crippen LogP contribution in [0.1, 0.15) is 29.9 Å². The number of hydrogen-bond donors (Lipinski definition) is 1. The van der Waals surface area contributed by atoms with Crippen LogP contribution < -0.4 is 5.32 Å². The van der Waals surface area contributed by atoms with Gasteiger partial charge in [-0.25, -0.2) is 0 Å². The minimum absolute atomic E-state index is 0.381. The molecular formula is C23H31N3O. The summed E-state index contributed by atoms with van der Waals surface area (Å²) in [7, 11) is 3.97. The maximum Gasteiger partial charge on any atom is 0.193 e. The Labute approximate surface area is 163 Å². The van der Waals surface area contributed by atoms with Crippen molar-refractivity contribution >= 4 is 5.96 Å². The number of guanidine groups is 1. The van der Waals surface area contributed by atoms with Gasteiger partial charge >= 0.3 is 0 Å². The fraction of sp³-hybridized carbons (Fsp3) is 0.435. The van der Waals surface area contributed by atoms with Crippen LogP contribution in [0.2, 0.25) is 0 Å². The third kappa shape index (κ3) is 5.57. The summed E-state index contributed by atoms with van der Waals surface area (Å²) in [6, 6.07) is 21.5. The molecule has 3 rings (SSSR count). The van der Waals surface area contributed by atoms with E-state index in [0.29, 0.717) is 11.8 Å². The highest BCUT2D eigenvalue weighted by molar-refractivity contribution is 5.79. The summed E-state index contributed by atoms with van der Waals surface area (Å²) in [4.78, 5) is 6.68. The molecular weight excluding hydrogens is 334 g/mol. The molecule has 1 aliphatic rings. The van der Waals surface area contributed by atoms with E-state index >= 15 is 0 Å². The molecule has 0 saturated carbocycles. The number of hydrogen-bond acceptors (Lipinski definition) is 2. The Morgan fingerprint density at radius 1 is 1.11 bits per heavy atom. The molecule has 1 aliphatic heterocycles. The van der Waals surface area contributed by atoms with Crippen LogP contribution in [0.15, 0.2) is 65.7 Å². The third-order valence-electron chi connectivity index (χ3n) is 5.25. The first-order valence-electron chi connectivity index (χ1n) is 9.87. The lowest BCUT2D eigenvalue weighted by molar-refractivity contribution is 0.181. The molecule has 4 nitrogen and oxygen atoms in total. The molecule has 0 aromatic heterocycles. The van der Waals surface area contributed by atoms with Crippen LogP contribution in [0.3, 0.4) is 0 Å². The summed E-state index contributed by atoms with van der Waals surface area (Å²) >= 11 is 0. The molecule has 0 radical (unpaired) electrons. The SMILES string of the molecule is CN=C(NCCC(c1ccccc1)c1ccccc1)N(C)CC1CCOC1. The maximum absolute atomic E-state index is 5.49. The molecule has 2 aromatic carbocycles. The molecule has 144 valence electrons. The Morgan fingerprint density at radius 2 is 1.74 bits per heavy atom. The monoisotopic (exact) mass is 365 g/mol. The van der Waals surface area contributed by atoms with Crippen LogP contribution in [-0.2, 0) is 4.74 Å². The Morgan fingerprint density at radius 3 is 2.26 bits per heavy atom. The molecule has 4 heteroatoms. The van der Waals surface area contributed by atoms with Crippen LogP contribution in [-0.4, -0.2) is 51.3 Å². The van der Waals surface area contributed by atoms with Crippen molar-refractivity contribution in [3.63, 3.8) is 0 Å². The van der Waals surface area contributed by atoms with Gasteiger partial charge in [0, 0.05) is 45.6 Å². The van der Waals surface area contributed by atoms with Gasteiger partial charge < -0.3 is 15.0 Å². The average Bonchev–Trinajstić information content (AvgIpc) is 3.22. The van der Waals surface area contributed by atoms with E-state index in [2.05, 4.69) is 82.9 Å². The summed E-state index contributed by atoms with van der Waals surface area (Å²) in [5.74, 6) is 1.95. The maximum atomic E-state index is 5.49. The van der Waals surface area contributed by atoms with E-state index in [1.54, 1.807) is 0 Å². The largest absolute Gasteiger partial charge is 0.381 e. The number of nitrogens with one attached hydrogen (secondary N) is 1. The molecule has 1 N–H and O–H groups in total. The Balaban J connectivity index is 1.59. The Hall–Kier alpha value is -2.33. The van der Waals surface area contributed by atoms with E-state index in [0.717, 1.165) is 45.1 Å². The van der Waals surface area contributed by atoms with Crippen molar-refractivity contribution in [3.05, 3.63) is 71.8 Å². The lowest BCUT2D eigenvalue weighted by Crippen LogP contribution is -2.42. The fourth-order valence-electron chi connectivity index (χ4n) is 3.81. The number of aliphatic imine (C=N–C) groups is 1. The Kier molecular flexibility index (Phi) is 7.28. The van der Waals surface area contributed by atoms with Gasteiger partial charge in [-0.05, 0) is 24.0 Å². The van der Waals surface area contributed by atoms with E-state index in [1.807, 2.05) is 7.05 Å². The molecule has 1 atom stereocenters. The highest BCUT2D eigenvalue weighted by Gasteiger charge is 2.19. The topological polar surface area (TPSA) is 36.9 Å². The highest BCUT2D eigenvalue weighted by Crippen LogP contribution is 2.27. The van der Waals surface area contributed by atoms with Gasteiger partial charge in [0.15, 0.2) is 5.96 Å². The summed E-state index contributed by atoms with van der Waals surface area (Å²) < 4.78 is 5.49. The Bertz CT molecular complexity index is 657. The van der Waals surface area contributed by atoms with Gasteiger partial charge in [-0.1, -0.05) is 60.7 Å². The molecule has 0 spiro atoms. The van der Waals surface area contributed by atoms with Crippen LogP contribution in [0.4, 0.5) is 0 Å². The van der Waals surface area contributed by atoms with Crippen molar-refractivity contribution in [1.29, 1.82) is 0 Å². The molecule has 0 amide bonds. The first-order chi connectivity index (χ1) is 13.3. The third-order valence-corrected chi connectivity index (χ3v) is 5.25. The smallest absolute Gasteiger partial charge is 0.193 e. The normalized spacial score (nSPS) is 17.3. The minimum Gasteiger partial charge on any atom is -0.381 e. The summed E-state index contributed by atoms with van der Waals surface area (Å²) in [6.07, 6.45) is 2.17. The van der Waals surface area contributed by atoms with Crippen molar-refractivity contribution in [2.75, 3.05) is 40.4 Å². The molecule has 0 bridgehead atoms. The van der Waals surface area contributed by atoms with E-state index in [1.165, 1.54) is 11.1 Å². The first-order valence-corrected chi connectivity index (χ1v) is 9.87. The number of rotatable bonds is 7. The van der Waals surface area contributed by atoms with Crippen molar-refractivity contribution < 1.29 is 4.74 Å². The highest BCUT2D eigenvalue weighted by atomic mass is 16.5. The number of nitrogens with zero attached hydrogens (tertiary/aromatic N) is 2. The van der Waals surface area contributed by atoms with Crippen molar-refractivity contribution in [1.82, 2.24) is 10.2 Å².